The number of amides is 3. The average molecular weight is 422 g/mol. The highest BCUT2D eigenvalue weighted by Gasteiger charge is 2.29. The number of hydrogen-bond donors (Lipinski definition) is 3. The molecule has 0 aliphatic heterocycles. The molecule has 2 aromatic rings. The van der Waals surface area contributed by atoms with Crippen LogP contribution in [0.5, 0.6) is 0 Å². The van der Waals surface area contributed by atoms with Crippen molar-refractivity contribution >= 4 is 23.4 Å². The van der Waals surface area contributed by atoms with Crippen molar-refractivity contribution < 1.29 is 14.4 Å². The Balaban J connectivity index is 1.60. The zero-order chi connectivity index (χ0) is 22.5. The van der Waals surface area contributed by atoms with Gasteiger partial charge in [-0.25, -0.2) is 0 Å². The second kappa shape index (κ2) is 9.77. The van der Waals surface area contributed by atoms with Crippen LogP contribution in [0.15, 0.2) is 48.5 Å². The number of carbonyl (C=O) groups excluding carboxylic acids is 3. The highest BCUT2D eigenvalue weighted by atomic mass is 16.2. The number of nitrogens with one attached hydrogen (secondary N) is 3. The predicted molar refractivity (Wildman–Crippen MR) is 122 cm³/mol. The molecule has 1 aliphatic carbocycles. The molecule has 31 heavy (non-hydrogen) atoms. The van der Waals surface area contributed by atoms with E-state index in [1.165, 1.54) is 0 Å². The first-order valence-corrected chi connectivity index (χ1v) is 10.8. The van der Waals surface area contributed by atoms with Crippen LogP contribution in [0.1, 0.15) is 61.1 Å². The lowest BCUT2D eigenvalue weighted by molar-refractivity contribution is -0.124. The molecule has 0 spiro atoms. The number of anilines is 1. The zero-order valence-electron chi connectivity index (χ0n) is 18.6. The van der Waals surface area contributed by atoms with E-state index in [2.05, 4.69) is 16.0 Å². The molecule has 0 saturated heterocycles. The van der Waals surface area contributed by atoms with Gasteiger partial charge >= 0.3 is 0 Å². The fourth-order valence-corrected chi connectivity index (χ4v) is 3.38. The Morgan fingerprint density at radius 2 is 1.61 bits per heavy atom. The zero-order valence-corrected chi connectivity index (χ0v) is 18.6. The highest BCUT2D eigenvalue weighted by Crippen LogP contribution is 2.30. The van der Waals surface area contributed by atoms with E-state index in [0.29, 0.717) is 5.56 Å². The van der Waals surface area contributed by atoms with Crippen LogP contribution < -0.4 is 16.0 Å². The van der Waals surface area contributed by atoms with Gasteiger partial charge in [-0.05, 0) is 62.4 Å². The largest absolute Gasteiger partial charge is 0.348 e. The van der Waals surface area contributed by atoms with E-state index in [1.54, 1.807) is 12.1 Å². The van der Waals surface area contributed by atoms with Gasteiger partial charge in [0.15, 0.2) is 0 Å². The van der Waals surface area contributed by atoms with E-state index in [0.717, 1.165) is 29.7 Å². The Morgan fingerprint density at radius 3 is 2.19 bits per heavy atom. The Hall–Kier alpha value is -3.15. The molecule has 3 N–H and O–H groups in total. The monoisotopic (exact) mass is 421 g/mol. The molecule has 1 saturated carbocycles. The van der Waals surface area contributed by atoms with Gasteiger partial charge in [0.25, 0.3) is 5.91 Å². The lowest BCUT2D eigenvalue weighted by Gasteiger charge is -2.24. The van der Waals surface area contributed by atoms with Gasteiger partial charge in [0.1, 0.15) is 6.04 Å². The summed E-state index contributed by atoms with van der Waals surface area (Å²) in [6.45, 7) is 7.63. The van der Waals surface area contributed by atoms with E-state index in [4.69, 9.17) is 0 Å². The van der Waals surface area contributed by atoms with Crippen molar-refractivity contribution in [1.29, 1.82) is 0 Å². The number of carbonyl (C=O) groups is 3. The molecule has 6 nitrogen and oxygen atoms in total. The Morgan fingerprint density at radius 1 is 0.935 bits per heavy atom. The average Bonchev–Trinajstić information content (AvgIpc) is 3.57. The molecule has 2 atom stereocenters. The number of hydrogen-bond acceptors (Lipinski definition) is 3. The Kier molecular flexibility index (Phi) is 7.10. The normalized spacial score (nSPS) is 15.1. The minimum Gasteiger partial charge on any atom is -0.348 e. The van der Waals surface area contributed by atoms with Crippen LogP contribution >= 0.6 is 0 Å². The third-order valence-corrected chi connectivity index (χ3v) is 5.50. The van der Waals surface area contributed by atoms with Crippen molar-refractivity contribution in [1.82, 2.24) is 10.6 Å². The van der Waals surface area contributed by atoms with Crippen LogP contribution in [-0.2, 0) is 9.59 Å². The molecule has 2 aromatic carbocycles. The third kappa shape index (κ3) is 6.17. The molecule has 164 valence electrons. The summed E-state index contributed by atoms with van der Waals surface area (Å²) in [5.41, 5.74) is 3.20. The second-order valence-electron chi connectivity index (χ2n) is 8.68. The molecule has 2 unspecified atom stereocenters. The first-order valence-electron chi connectivity index (χ1n) is 10.8. The summed E-state index contributed by atoms with van der Waals surface area (Å²) in [6.07, 6.45) is 1.93. The van der Waals surface area contributed by atoms with Crippen molar-refractivity contribution in [3.63, 3.8) is 0 Å². The first kappa shape index (κ1) is 22.5. The minimum absolute atomic E-state index is 0.0678. The van der Waals surface area contributed by atoms with Crippen LogP contribution in [-0.4, -0.2) is 23.8 Å². The van der Waals surface area contributed by atoms with Gasteiger partial charge in [-0.3, -0.25) is 14.4 Å². The van der Waals surface area contributed by atoms with E-state index in [1.807, 2.05) is 64.1 Å². The van der Waals surface area contributed by atoms with Crippen LogP contribution in [0.4, 0.5) is 5.69 Å². The van der Waals surface area contributed by atoms with Crippen molar-refractivity contribution in [2.24, 2.45) is 11.8 Å². The van der Waals surface area contributed by atoms with E-state index in [9.17, 15) is 14.4 Å². The minimum atomic E-state index is -0.646. The predicted octanol–water partition coefficient (Wildman–Crippen LogP) is 3.98. The van der Waals surface area contributed by atoms with Gasteiger partial charge in [-0.15, -0.1) is 0 Å². The van der Waals surface area contributed by atoms with Gasteiger partial charge in [-0.1, -0.05) is 43.7 Å². The van der Waals surface area contributed by atoms with E-state index >= 15 is 0 Å². The fraction of sp³-hybridized carbons (Fsp3) is 0.400. The molecule has 3 amide bonds. The maximum atomic E-state index is 12.9. The lowest BCUT2D eigenvalue weighted by Crippen LogP contribution is -2.50. The molecule has 0 radical (unpaired) electrons. The van der Waals surface area contributed by atoms with Crippen LogP contribution in [0.25, 0.3) is 0 Å². The first-order chi connectivity index (χ1) is 14.7. The molecule has 6 heteroatoms. The highest BCUT2D eigenvalue weighted by molar-refractivity contribution is 5.98. The number of aryl methyl sites for hydroxylation is 1. The summed E-state index contributed by atoms with van der Waals surface area (Å²) in [5, 5.41) is 8.77. The number of rotatable bonds is 8. The summed E-state index contributed by atoms with van der Waals surface area (Å²) in [4.78, 5) is 37.4. The second-order valence-corrected chi connectivity index (χ2v) is 8.68. The van der Waals surface area contributed by atoms with Crippen molar-refractivity contribution in [2.45, 2.75) is 52.6 Å². The quantitative estimate of drug-likeness (QED) is 0.603. The summed E-state index contributed by atoms with van der Waals surface area (Å²) in [6, 6.07) is 13.9. The van der Waals surface area contributed by atoms with E-state index < -0.39 is 6.04 Å². The molecule has 0 aromatic heterocycles. The summed E-state index contributed by atoms with van der Waals surface area (Å²) >= 11 is 0. The Labute approximate surface area is 183 Å². The van der Waals surface area contributed by atoms with Gasteiger partial charge < -0.3 is 16.0 Å². The molecule has 1 aliphatic rings. The van der Waals surface area contributed by atoms with Gasteiger partial charge in [0.2, 0.25) is 11.8 Å². The molecular formula is C25H31N3O3. The van der Waals surface area contributed by atoms with E-state index in [-0.39, 0.29) is 35.6 Å². The molecule has 0 bridgehead atoms. The van der Waals surface area contributed by atoms with Gasteiger partial charge in [0.05, 0.1) is 6.04 Å². The Bertz CT molecular complexity index is 949. The third-order valence-electron chi connectivity index (χ3n) is 5.50. The number of benzene rings is 2. The van der Waals surface area contributed by atoms with Crippen molar-refractivity contribution in [3.05, 3.63) is 65.2 Å². The van der Waals surface area contributed by atoms with Crippen LogP contribution in [0, 0.1) is 18.8 Å². The topological polar surface area (TPSA) is 87.3 Å². The molecule has 3 rings (SSSR count). The smallest absolute Gasteiger partial charge is 0.251 e. The fourth-order valence-electron chi connectivity index (χ4n) is 3.38. The van der Waals surface area contributed by atoms with Gasteiger partial charge in [-0.2, -0.15) is 0 Å². The maximum Gasteiger partial charge on any atom is 0.251 e. The lowest BCUT2D eigenvalue weighted by atomic mass is 10.0. The van der Waals surface area contributed by atoms with Crippen LogP contribution in [0.2, 0.25) is 0 Å². The standard InChI is InChI=1S/C25H31N3O3/c1-15(2)22(28-24(30)20-7-5-6-16(3)14-20)25(31)26-17(4)18-10-12-21(13-11-18)27-23(29)19-8-9-19/h5-7,10-15,17,19,22H,8-9H2,1-4H3,(H,26,31)(H,27,29)(H,28,30). The SMILES string of the molecule is Cc1cccc(C(=O)NC(C(=O)NC(C)c2ccc(NC(=O)C3CC3)cc2)C(C)C)c1. The molecule has 0 heterocycles. The van der Waals surface area contributed by atoms with Gasteiger partial charge in [0, 0.05) is 17.2 Å². The summed E-state index contributed by atoms with van der Waals surface area (Å²) in [5.74, 6) is -0.337. The molecule has 1 fully saturated rings. The molecular weight excluding hydrogens is 390 g/mol. The van der Waals surface area contributed by atoms with Crippen molar-refractivity contribution in [2.75, 3.05) is 5.32 Å². The van der Waals surface area contributed by atoms with Crippen LogP contribution in [0.3, 0.4) is 0 Å². The van der Waals surface area contributed by atoms with Crippen molar-refractivity contribution in [3.8, 4) is 0 Å². The summed E-state index contributed by atoms with van der Waals surface area (Å²) < 4.78 is 0. The maximum absolute atomic E-state index is 12.9. The summed E-state index contributed by atoms with van der Waals surface area (Å²) in [7, 11) is 0.